The van der Waals surface area contributed by atoms with Crippen LogP contribution in [-0.4, -0.2) is 0 Å². The van der Waals surface area contributed by atoms with Gasteiger partial charge in [-0.15, -0.1) is 0 Å². The molecule has 2 aliphatic heterocycles. The maximum atomic E-state index is 6.76. The Bertz CT molecular complexity index is 3840. The highest BCUT2D eigenvalue weighted by atomic mass is 16.5. The van der Waals surface area contributed by atoms with E-state index in [1.165, 1.54) is 98.5 Å². The van der Waals surface area contributed by atoms with E-state index in [1.54, 1.807) is 0 Å². The van der Waals surface area contributed by atoms with Crippen molar-refractivity contribution < 1.29 is 9.47 Å². The van der Waals surface area contributed by atoms with Crippen molar-refractivity contribution >= 4 is 53.9 Å². The van der Waals surface area contributed by atoms with Crippen LogP contribution in [0.25, 0.3) is 121 Å². The monoisotopic (exact) mass is 786 g/mol. The molecule has 2 nitrogen and oxygen atoms in total. The highest BCUT2D eigenvalue weighted by Crippen LogP contribution is 2.53. The third-order valence-electron chi connectivity index (χ3n) is 13.4. The van der Waals surface area contributed by atoms with Gasteiger partial charge < -0.3 is 9.47 Å². The number of fused-ring (bicyclic) bond motifs is 4. The Morgan fingerprint density at radius 1 is 0.210 bits per heavy atom. The number of hydrogen-bond donors (Lipinski definition) is 0. The Morgan fingerprint density at radius 2 is 0.694 bits per heavy atom. The van der Waals surface area contributed by atoms with Gasteiger partial charge in [0.2, 0.25) is 0 Å². The van der Waals surface area contributed by atoms with E-state index in [0.29, 0.717) is 0 Å². The van der Waals surface area contributed by atoms with E-state index in [2.05, 4.69) is 200 Å². The van der Waals surface area contributed by atoms with Gasteiger partial charge in [-0.25, -0.2) is 0 Å². The lowest BCUT2D eigenvalue weighted by molar-refractivity contribution is 0.487. The highest BCUT2D eigenvalue weighted by molar-refractivity contribution is 6.32. The molecule has 2 heterocycles. The number of hydrogen-bond acceptors (Lipinski definition) is 2. The van der Waals surface area contributed by atoms with Crippen LogP contribution in [0.1, 0.15) is 0 Å². The zero-order valence-electron chi connectivity index (χ0n) is 33.4. The third kappa shape index (κ3) is 4.69. The molecule has 0 saturated heterocycles. The highest BCUT2D eigenvalue weighted by Gasteiger charge is 2.26. The Morgan fingerprint density at radius 3 is 1.42 bits per heavy atom. The van der Waals surface area contributed by atoms with Crippen molar-refractivity contribution in [2.75, 3.05) is 0 Å². The molecular formula is C60H34O2. The molecule has 0 radical (unpaired) electrons. The van der Waals surface area contributed by atoms with E-state index in [0.717, 1.165) is 45.1 Å². The molecule has 0 atom stereocenters. The Kier molecular flexibility index (Phi) is 6.86. The molecule has 0 bridgehead atoms. The van der Waals surface area contributed by atoms with Crippen LogP contribution in [0.4, 0.5) is 0 Å². The molecule has 0 N–H and O–H groups in total. The minimum atomic E-state index is 0.878. The zero-order chi connectivity index (χ0) is 40.5. The fourth-order valence-electron chi connectivity index (χ4n) is 10.7. The lowest BCUT2D eigenvalue weighted by Crippen LogP contribution is -1.98. The summed E-state index contributed by atoms with van der Waals surface area (Å²) in [5, 5.41) is 12.1. The third-order valence-corrected chi connectivity index (χ3v) is 13.4. The minimum Gasteiger partial charge on any atom is -0.456 e. The predicted octanol–water partition coefficient (Wildman–Crippen LogP) is 17.1. The number of ether oxygens (including phenoxy) is 2. The molecule has 2 heteroatoms. The largest absolute Gasteiger partial charge is 0.456 e. The fraction of sp³-hybridized carbons (Fsp3) is 0. The molecule has 0 unspecified atom stereocenters. The molecule has 0 fully saturated rings. The molecule has 0 amide bonds. The quantitative estimate of drug-likeness (QED) is 0.165. The summed E-state index contributed by atoms with van der Waals surface area (Å²) in [7, 11) is 0. The lowest BCUT2D eigenvalue weighted by Gasteiger charge is -2.24. The van der Waals surface area contributed by atoms with Gasteiger partial charge in [0.15, 0.2) is 0 Å². The van der Waals surface area contributed by atoms with Gasteiger partial charge in [0.25, 0.3) is 0 Å². The first kappa shape index (κ1) is 33.6. The van der Waals surface area contributed by atoms with Crippen molar-refractivity contribution in [3.8, 4) is 89.8 Å². The van der Waals surface area contributed by atoms with Crippen LogP contribution in [-0.2, 0) is 0 Å². The Labute approximate surface area is 357 Å². The SMILES string of the molecule is c1ccc(-c2cc(-c3ccc4c(c3)Oc3cccc5cccc-4c35)c3ccc4c(-c5ccccc5)cc(-c5ccc6c7c(cccc57)-c5ccccc5O6)c5ccc2c3c45)cc1. The Balaban J connectivity index is 1.08. The summed E-state index contributed by atoms with van der Waals surface area (Å²) in [6.07, 6.45) is 0. The molecule has 0 aliphatic carbocycles. The molecule has 0 aromatic heterocycles. The van der Waals surface area contributed by atoms with Gasteiger partial charge in [-0.3, -0.25) is 0 Å². The molecule has 12 aromatic carbocycles. The topological polar surface area (TPSA) is 18.5 Å². The summed E-state index contributed by atoms with van der Waals surface area (Å²) in [6.45, 7) is 0. The number of rotatable bonds is 4. The normalized spacial score (nSPS) is 12.5. The van der Waals surface area contributed by atoms with Gasteiger partial charge in [0.05, 0.1) is 0 Å². The van der Waals surface area contributed by atoms with E-state index in [-0.39, 0.29) is 0 Å². The van der Waals surface area contributed by atoms with Crippen molar-refractivity contribution in [3.05, 3.63) is 206 Å². The van der Waals surface area contributed by atoms with Crippen molar-refractivity contribution in [2.24, 2.45) is 0 Å². The second kappa shape index (κ2) is 12.7. The first-order valence-corrected chi connectivity index (χ1v) is 21.3. The van der Waals surface area contributed by atoms with Crippen LogP contribution in [0.5, 0.6) is 23.0 Å². The predicted molar refractivity (Wildman–Crippen MR) is 258 cm³/mol. The average molecular weight is 787 g/mol. The summed E-state index contributed by atoms with van der Waals surface area (Å²) in [5.74, 6) is 3.57. The van der Waals surface area contributed by atoms with Crippen molar-refractivity contribution in [1.82, 2.24) is 0 Å². The van der Waals surface area contributed by atoms with E-state index in [9.17, 15) is 0 Å². The minimum absolute atomic E-state index is 0.878. The molecular weight excluding hydrogens is 753 g/mol. The molecule has 62 heavy (non-hydrogen) atoms. The standard InChI is InChI=1S/C60H34O2/c1-3-12-35(13-4-1)49-33-51(38-24-25-41-43-19-9-16-37-17-10-23-54(57(37)43)62-56(41)32-38)47-27-26-46-50(36-14-5-2-6-15-36)34-52(48-29-28-45(49)59(47)60(46)48)39-30-31-55-58-42(39)20-11-21-44(58)40-18-7-8-22-53(40)61-55/h1-34H. The molecule has 2 aliphatic rings. The van der Waals surface area contributed by atoms with Gasteiger partial charge in [0.1, 0.15) is 23.0 Å². The van der Waals surface area contributed by atoms with Crippen LogP contribution in [0.2, 0.25) is 0 Å². The summed E-state index contributed by atoms with van der Waals surface area (Å²) < 4.78 is 13.3. The number of benzene rings is 12. The summed E-state index contributed by atoms with van der Waals surface area (Å²) in [5.41, 5.74) is 14.2. The van der Waals surface area contributed by atoms with E-state index >= 15 is 0 Å². The maximum absolute atomic E-state index is 6.76. The van der Waals surface area contributed by atoms with Gasteiger partial charge in [-0.2, -0.15) is 0 Å². The smallest absolute Gasteiger partial charge is 0.135 e. The second-order valence-corrected chi connectivity index (χ2v) is 16.7. The van der Waals surface area contributed by atoms with E-state index in [1.807, 2.05) is 6.07 Å². The lowest BCUT2D eigenvalue weighted by atomic mass is 9.81. The van der Waals surface area contributed by atoms with Crippen molar-refractivity contribution in [1.29, 1.82) is 0 Å². The van der Waals surface area contributed by atoms with Crippen LogP contribution < -0.4 is 9.47 Å². The first-order valence-electron chi connectivity index (χ1n) is 21.3. The van der Waals surface area contributed by atoms with Gasteiger partial charge in [-0.05, 0) is 141 Å². The summed E-state index contributed by atoms with van der Waals surface area (Å²) in [6, 6.07) is 75.1. The van der Waals surface area contributed by atoms with Crippen molar-refractivity contribution in [2.45, 2.75) is 0 Å². The molecule has 0 spiro atoms. The maximum Gasteiger partial charge on any atom is 0.135 e. The van der Waals surface area contributed by atoms with Gasteiger partial charge in [-0.1, -0.05) is 164 Å². The molecule has 286 valence electrons. The van der Waals surface area contributed by atoms with E-state index < -0.39 is 0 Å². The molecule has 14 rings (SSSR count). The summed E-state index contributed by atoms with van der Waals surface area (Å²) >= 11 is 0. The number of para-hydroxylation sites is 1. The average Bonchev–Trinajstić information content (AvgIpc) is 3.34. The van der Waals surface area contributed by atoms with Gasteiger partial charge >= 0.3 is 0 Å². The van der Waals surface area contributed by atoms with Crippen LogP contribution in [0.3, 0.4) is 0 Å². The van der Waals surface area contributed by atoms with Crippen LogP contribution in [0, 0.1) is 0 Å². The first-order chi connectivity index (χ1) is 30.7. The van der Waals surface area contributed by atoms with Crippen molar-refractivity contribution in [3.63, 3.8) is 0 Å². The molecule has 0 saturated carbocycles. The van der Waals surface area contributed by atoms with Crippen LogP contribution in [0.15, 0.2) is 206 Å². The Hall–Kier alpha value is -8.20. The zero-order valence-corrected chi connectivity index (χ0v) is 33.4. The second-order valence-electron chi connectivity index (χ2n) is 16.7. The van der Waals surface area contributed by atoms with Gasteiger partial charge in [0, 0.05) is 21.9 Å². The van der Waals surface area contributed by atoms with Crippen LogP contribution >= 0.6 is 0 Å². The van der Waals surface area contributed by atoms with E-state index in [4.69, 9.17) is 9.47 Å². The molecule has 12 aromatic rings. The summed E-state index contributed by atoms with van der Waals surface area (Å²) in [4.78, 5) is 0. The fourth-order valence-corrected chi connectivity index (χ4v) is 10.7.